The van der Waals surface area contributed by atoms with Crippen molar-refractivity contribution in [2.24, 2.45) is 7.05 Å². The zero-order valence-corrected chi connectivity index (χ0v) is 12.7. The summed E-state index contributed by atoms with van der Waals surface area (Å²) in [5, 5.41) is 6.23. The number of rotatable bonds is 3. The number of nitrogens with zero attached hydrogens (tertiary/aromatic N) is 4. The van der Waals surface area contributed by atoms with E-state index in [1.165, 1.54) is 16.7 Å². The normalized spacial score (nSPS) is 20.8. The summed E-state index contributed by atoms with van der Waals surface area (Å²) in [6, 6.07) is 0. The molecule has 3 heterocycles. The van der Waals surface area contributed by atoms with Gasteiger partial charge in [0.05, 0.1) is 18.5 Å². The van der Waals surface area contributed by atoms with Crippen LogP contribution in [0.15, 0.2) is 23.5 Å². The minimum absolute atomic E-state index is 0.166. The first-order valence-corrected chi connectivity index (χ1v) is 8.03. The zero-order valence-electron chi connectivity index (χ0n) is 11.9. The zero-order chi connectivity index (χ0) is 15.0. The molecule has 2 aromatic rings. The molecule has 1 aliphatic heterocycles. The molecule has 3 rings (SSSR count). The largest absolute Gasteiger partial charge is 0.368 e. The third kappa shape index (κ3) is 2.59. The van der Waals surface area contributed by atoms with Crippen LogP contribution in [0.1, 0.15) is 17.6 Å². The number of aryl methyl sites for hydroxylation is 2. The van der Waals surface area contributed by atoms with Crippen molar-refractivity contribution in [3.63, 3.8) is 0 Å². The van der Waals surface area contributed by atoms with Gasteiger partial charge in [-0.15, -0.1) is 0 Å². The van der Waals surface area contributed by atoms with E-state index in [1.807, 2.05) is 24.7 Å². The second kappa shape index (κ2) is 5.24. The van der Waals surface area contributed by atoms with Crippen LogP contribution in [0.5, 0.6) is 0 Å². The first-order valence-electron chi connectivity index (χ1n) is 6.59. The molecule has 0 spiro atoms. The fraction of sp³-hybridized carbons (Fsp3) is 0.500. The van der Waals surface area contributed by atoms with Gasteiger partial charge >= 0.3 is 0 Å². The van der Waals surface area contributed by atoms with Crippen LogP contribution in [0.25, 0.3) is 0 Å². The molecule has 0 aromatic carbocycles. The smallest absolute Gasteiger partial charge is 0.246 e. The minimum atomic E-state index is -3.54. The summed E-state index contributed by atoms with van der Waals surface area (Å²) in [7, 11) is -1.67. The number of morpholine rings is 1. The van der Waals surface area contributed by atoms with Gasteiger partial charge in [-0.2, -0.15) is 9.40 Å². The highest BCUT2D eigenvalue weighted by molar-refractivity contribution is 7.89. The predicted octanol–water partition coefficient (Wildman–Crippen LogP) is 0.214. The van der Waals surface area contributed by atoms with Crippen molar-refractivity contribution in [2.75, 3.05) is 19.7 Å². The lowest BCUT2D eigenvalue weighted by molar-refractivity contribution is -0.00893. The van der Waals surface area contributed by atoms with Crippen LogP contribution in [0.3, 0.4) is 0 Å². The maximum Gasteiger partial charge on any atom is 0.246 e. The Labute approximate surface area is 122 Å². The van der Waals surface area contributed by atoms with Crippen LogP contribution in [0.4, 0.5) is 0 Å². The summed E-state index contributed by atoms with van der Waals surface area (Å²) in [5.41, 5.74) is 0.880. The van der Waals surface area contributed by atoms with Crippen molar-refractivity contribution >= 4 is 10.0 Å². The molecule has 114 valence electrons. The third-order valence-electron chi connectivity index (χ3n) is 3.46. The van der Waals surface area contributed by atoms with Crippen molar-refractivity contribution in [3.05, 3.63) is 30.1 Å². The van der Waals surface area contributed by atoms with E-state index in [0.717, 1.165) is 11.5 Å². The fourth-order valence-corrected chi connectivity index (χ4v) is 3.80. The third-order valence-corrected chi connectivity index (χ3v) is 5.29. The molecule has 0 bridgehead atoms. The second-order valence-corrected chi connectivity index (χ2v) is 6.95. The van der Waals surface area contributed by atoms with Crippen molar-refractivity contribution in [1.29, 1.82) is 0 Å². The molecule has 1 atom stereocenters. The first kappa shape index (κ1) is 14.2. The molecule has 0 amide bonds. The molecule has 8 nitrogen and oxygen atoms in total. The SMILES string of the molecule is Cc1cn(C)c(C2CN(S(=O)(=O)c3cn[nH]c3)CCO2)n1. The lowest BCUT2D eigenvalue weighted by atomic mass is 10.3. The molecule has 1 N–H and O–H groups in total. The molecule has 1 fully saturated rings. The Morgan fingerprint density at radius 2 is 2.29 bits per heavy atom. The lowest BCUT2D eigenvalue weighted by Gasteiger charge is -2.31. The minimum Gasteiger partial charge on any atom is -0.368 e. The number of nitrogens with one attached hydrogen (secondary N) is 1. The molecule has 0 aliphatic carbocycles. The Hall–Kier alpha value is -1.71. The first-order chi connectivity index (χ1) is 9.98. The van der Waals surface area contributed by atoms with Crippen LogP contribution in [-0.2, 0) is 21.8 Å². The molecule has 0 radical (unpaired) electrons. The van der Waals surface area contributed by atoms with Crippen molar-refractivity contribution in [1.82, 2.24) is 24.1 Å². The average molecular weight is 311 g/mol. The number of H-pyrrole nitrogens is 1. The number of imidazole rings is 1. The number of hydrogen-bond donors (Lipinski definition) is 1. The maximum absolute atomic E-state index is 12.5. The van der Waals surface area contributed by atoms with Gasteiger partial charge < -0.3 is 9.30 Å². The highest BCUT2D eigenvalue weighted by Gasteiger charge is 2.33. The van der Waals surface area contributed by atoms with E-state index in [2.05, 4.69) is 15.2 Å². The van der Waals surface area contributed by atoms with Crippen LogP contribution >= 0.6 is 0 Å². The van der Waals surface area contributed by atoms with Crippen LogP contribution in [0.2, 0.25) is 0 Å². The van der Waals surface area contributed by atoms with Crippen molar-refractivity contribution < 1.29 is 13.2 Å². The molecular weight excluding hydrogens is 294 g/mol. The van der Waals surface area contributed by atoms with Crippen molar-refractivity contribution in [3.8, 4) is 0 Å². The topological polar surface area (TPSA) is 93.1 Å². The maximum atomic E-state index is 12.5. The van der Waals surface area contributed by atoms with Crippen LogP contribution in [0, 0.1) is 6.92 Å². The van der Waals surface area contributed by atoms with Gasteiger partial charge in [0.15, 0.2) is 0 Å². The highest BCUT2D eigenvalue weighted by Crippen LogP contribution is 2.25. The van der Waals surface area contributed by atoms with E-state index in [0.29, 0.717) is 13.2 Å². The van der Waals surface area contributed by atoms with E-state index in [4.69, 9.17) is 4.74 Å². The summed E-state index contributed by atoms with van der Waals surface area (Å²) in [6.07, 6.45) is 4.22. The van der Waals surface area contributed by atoms with Gasteiger partial charge in [0.1, 0.15) is 16.8 Å². The van der Waals surface area contributed by atoms with Gasteiger partial charge in [0, 0.05) is 32.5 Å². The Kier molecular flexibility index (Phi) is 3.56. The van der Waals surface area contributed by atoms with Gasteiger partial charge in [-0.05, 0) is 6.92 Å². The molecule has 2 aromatic heterocycles. The van der Waals surface area contributed by atoms with E-state index in [-0.39, 0.29) is 17.5 Å². The summed E-state index contributed by atoms with van der Waals surface area (Å²) in [6.45, 7) is 2.81. The van der Waals surface area contributed by atoms with E-state index in [9.17, 15) is 8.42 Å². The van der Waals surface area contributed by atoms with Crippen LogP contribution in [-0.4, -0.2) is 52.2 Å². The van der Waals surface area contributed by atoms with E-state index >= 15 is 0 Å². The second-order valence-electron chi connectivity index (χ2n) is 5.01. The quantitative estimate of drug-likeness (QED) is 0.875. The molecule has 0 saturated carbocycles. The highest BCUT2D eigenvalue weighted by atomic mass is 32.2. The Morgan fingerprint density at radius 1 is 1.48 bits per heavy atom. The van der Waals surface area contributed by atoms with Crippen molar-refractivity contribution in [2.45, 2.75) is 17.9 Å². The molecular formula is C12H17N5O3S. The number of hydrogen-bond acceptors (Lipinski definition) is 5. The van der Waals surface area contributed by atoms with Crippen LogP contribution < -0.4 is 0 Å². The predicted molar refractivity (Wildman–Crippen MR) is 74.0 cm³/mol. The molecule has 1 unspecified atom stereocenters. The molecule has 9 heteroatoms. The number of aromatic nitrogens is 4. The number of sulfonamides is 1. The monoisotopic (exact) mass is 311 g/mol. The Balaban J connectivity index is 1.85. The van der Waals surface area contributed by atoms with E-state index < -0.39 is 10.0 Å². The van der Waals surface area contributed by atoms with Gasteiger partial charge in [-0.3, -0.25) is 5.10 Å². The summed E-state index contributed by atoms with van der Waals surface area (Å²) in [5.74, 6) is 0.736. The summed E-state index contributed by atoms with van der Waals surface area (Å²) >= 11 is 0. The van der Waals surface area contributed by atoms with Gasteiger partial charge in [-0.1, -0.05) is 0 Å². The molecule has 1 aliphatic rings. The Bertz CT molecular complexity index is 722. The number of aromatic amines is 1. The fourth-order valence-electron chi connectivity index (χ4n) is 2.46. The van der Waals surface area contributed by atoms with Gasteiger partial charge in [0.2, 0.25) is 10.0 Å². The number of ether oxygens (including phenoxy) is 1. The van der Waals surface area contributed by atoms with E-state index in [1.54, 1.807) is 0 Å². The standard InChI is InChI=1S/C12H17N5O3S/c1-9-7-16(2)12(15-9)11-8-17(3-4-20-11)21(18,19)10-5-13-14-6-10/h5-7,11H,3-4,8H2,1-2H3,(H,13,14). The summed E-state index contributed by atoms with van der Waals surface area (Å²) in [4.78, 5) is 4.58. The Morgan fingerprint density at radius 3 is 2.90 bits per heavy atom. The summed E-state index contributed by atoms with van der Waals surface area (Å²) < 4.78 is 34.0. The molecule has 21 heavy (non-hydrogen) atoms. The van der Waals surface area contributed by atoms with Gasteiger partial charge in [0.25, 0.3) is 0 Å². The van der Waals surface area contributed by atoms with Gasteiger partial charge in [-0.25, -0.2) is 13.4 Å². The lowest BCUT2D eigenvalue weighted by Crippen LogP contribution is -2.42. The molecule has 1 saturated heterocycles. The average Bonchev–Trinajstić information content (AvgIpc) is 3.09.